The highest BCUT2D eigenvalue weighted by molar-refractivity contribution is 5.16. The van der Waals surface area contributed by atoms with Gasteiger partial charge in [0.2, 0.25) is 0 Å². The molecule has 1 aromatic heterocycles. The third-order valence-electron chi connectivity index (χ3n) is 2.77. The molecule has 4 nitrogen and oxygen atoms in total. The van der Waals surface area contributed by atoms with Crippen molar-refractivity contribution in [1.82, 2.24) is 9.55 Å². The van der Waals surface area contributed by atoms with E-state index in [1.165, 1.54) is 0 Å². The maximum atomic E-state index is 9.98. The first kappa shape index (κ1) is 11.8. The van der Waals surface area contributed by atoms with Crippen molar-refractivity contribution in [3.8, 4) is 0 Å². The molecule has 0 aliphatic carbocycles. The molecule has 1 heterocycles. The molecule has 0 bridgehead atoms. The van der Waals surface area contributed by atoms with Crippen LogP contribution >= 0.6 is 0 Å². The molecule has 3 N–H and O–H groups in total. The number of benzene rings is 1. The number of nitrogens with zero attached hydrogens (tertiary/aromatic N) is 2. The topological polar surface area (TPSA) is 64.1 Å². The summed E-state index contributed by atoms with van der Waals surface area (Å²) >= 11 is 0. The second kappa shape index (κ2) is 5.61. The van der Waals surface area contributed by atoms with Gasteiger partial charge in [0, 0.05) is 18.4 Å². The van der Waals surface area contributed by atoms with E-state index in [1.54, 1.807) is 12.5 Å². The van der Waals surface area contributed by atoms with Crippen LogP contribution < -0.4 is 5.73 Å². The molecule has 0 aliphatic heterocycles. The van der Waals surface area contributed by atoms with Crippen LogP contribution in [0.5, 0.6) is 0 Å². The van der Waals surface area contributed by atoms with Gasteiger partial charge >= 0.3 is 0 Å². The minimum Gasteiger partial charge on any atom is -0.390 e. The van der Waals surface area contributed by atoms with Crippen LogP contribution in [0.25, 0.3) is 0 Å². The number of aliphatic hydroxyl groups excluding tert-OH is 1. The van der Waals surface area contributed by atoms with Gasteiger partial charge in [0.05, 0.1) is 19.0 Å². The van der Waals surface area contributed by atoms with Gasteiger partial charge in [0.15, 0.2) is 0 Å². The molecule has 90 valence electrons. The maximum absolute atomic E-state index is 9.98. The molecule has 0 saturated carbocycles. The van der Waals surface area contributed by atoms with Gasteiger partial charge in [0.1, 0.15) is 0 Å². The lowest BCUT2D eigenvalue weighted by atomic mass is 10.0. The predicted octanol–water partition coefficient (Wildman–Crippen LogP) is 0.814. The van der Waals surface area contributed by atoms with Crippen molar-refractivity contribution < 1.29 is 5.11 Å². The molecule has 2 aromatic rings. The largest absolute Gasteiger partial charge is 0.390 e. The van der Waals surface area contributed by atoms with Crippen LogP contribution in [0.4, 0.5) is 0 Å². The van der Waals surface area contributed by atoms with Crippen LogP contribution in [-0.4, -0.2) is 26.8 Å². The zero-order chi connectivity index (χ0) is 12.1. The van der Waals surface area contributed by atoms with Crippen LogP contribution in [0, 0.1) is 0 Å². The Labute approximate surface area is 101 Å². The van der Waals surface area contributed by atoms with Crippen LogP contribution in [0.3, 0.4) is 0 Å². The zero-order valence-electron chi connectivity index (χ0n) is 9.61. The summed E-state index contributed by atoms with van der Waals surface area (Å²) < 4.78 is 1.83. The predicted molar refractivity (Wildman–Crippen MR) is 66.4 cm³/mol. The molecule has 17 heavy (non-hydrogen) atoms. The average molecular weight is 231 g/mol. The van der Waals surface area contributed by atoms with E-state index < -0.39 is 6.10 Å². The number of aromatic nitrogens is 2. The number of aliphatic hydroxyl groups is 1. The summed E-state index contributed by atoms with van der Waals surface area (Å²) in [6, 6.07) is 9.69. The second-order valence-corrected chi connectivity index (χ2v) is 4.18. The van der Waals surface area contributed by atoms with Crippen LogP contribution in [0.1, 0.15) is 5.56 Å². The first-order valence-electron chi connectivity index (χ1n) is 5.69. The van der Waals surface area contributed by atoms with E-state index in [9.17, 15) is 5.11 Å². The van der Waals surface area contributed by atoms with Crippen LogP contribution in [0.15, 0.2) is 49.1 Å². The third-order valence-corrected chi connectivity index (χ3v) is 2.77. The Morgan fingerprint density at radius 1 is 1.29 bits per heavy atom. The highest BCUT2D eigenvalue weighted by Gasteiger charge is 2.15. The van der Waals surface area contributed by atoms with Gasteiger partial charge in [-0.3, -0.25) is 0 Å². The van der Waals surface area contributed by atoms with E-state index in [2.05, 4.69) is 4.98 Å². The number of nitrogens with two attached hydrogens (primary N) is 1. The Morgan fingerprint density at radius 3 is 2.71 bits per heavy atom. The second-order valence-electron chi connectivity index (χ2n) is 4.18. The van der Waals surface area contributed by atoms with Crippen molar-refractivity contribution in [2.75, 3.05) is 0 Å². The molecular weight excluding hydrogens is 214 g/mol. The van der Waals surface area contributed by atoms with E-state index in [4.69, 9.17) is 5.73 Å². The molecule has 1 aromatic carbocycles. The molecule has 0 aliphatic rings. The van der Waals surface area contributed by atoms with E-state index >= 15 is 0 Å². The minimum absolute atomic E-state index is 0.264. The monoisotopic (exact) mass is 231 g/mol. The Morgan fingerprint density at radius 2 is 2.06 bits per heavy atom. The fraction of sp³-hybridized carbons (Fsp3) is 0.308. The molecule has 0 fully saturated rings. The van der Waals surface area contributed by atoms with Gasteiger partial charge in [-0.2, -0.15) is 0 Å². The lowest BCUT2D eigenvalue weighted by Gasteiger charge is -2.19. The van der Waals surface area contributed by atoms with Crippen molar-refractivity contribution >= 4 is 0 Å². The number of hydrogen-bond donors (Lipinski definition) is 2. The standard InChI is InChI=1S/C13H17N3O/c14-12(8-11-4-2-1-3-5-11)13(17)9-16-7-6-15-10-16/h1-7,10,12-13,17H,8-9,14H2/t12-,13+/m1/s1. The molecule has 2 rings (SSSR count). The Balaban J connectivity index is 1.89. The number of hydrogen-bond acceptors (Lipinski definition) is 3. The molecule has 2 atom stereocenters. The Hall–Kier alpha value is -1.65. The summed E-state index contributed by atoms with van der Waals surface area (Å²) in [6.45, 7) is 0.480. The van der Waals surface area contributed by atoms with E-state index in [0.717, 1.165) is 5.56 Å². The number of rotatable bonds is 5. The zero-order valence-corrected chi connectivity index (χ0v) is 9.61. The van der Waals surface area contributed by atoms with Gasteiger partial charge in [-0.15, -0.1) is 0 Å². The first-order chi connectivity index (χ1) is 8.25. The van der Waals surface area contributed by atoms with Crippen LogP contribution in [-0.2, 0) is 13.0 Å². The average Bonchev–Trinajstić information content (AvgIpc) is 2.83. The summed E-state index contributed by atoms with van der Waals surface area (Å²) in [5, 5.41) is 9.98. The van der Waals surface area contributed by atoms with E-state index in [1.807, 2.05) is 41.1 Å². The van der Waals surface area contributed by atoms with Gasteiger partial charge in [-0.1, -0.05) is 30.3 Å². The van der Waals surface area contributed by atoms with Gasteiger partial charge in [-0.25, -0.2) is 4.98 Å². The van der Waals surface area contributed by atoms with Gasteiger partial charge in [-0.05, 0) is 12.0 Å². The Bertz CT molecular complexity index is 427. The summed E-state index contributed by atoms with van der Waals surface area (Å²) in [4.78, 5) is 3.93. The van der Waals surface area contributed by atoms with Crippen molar-refractivity contribution in [3.63, 3.8) is 0 Å². The molecule has 0 amide bonds. The first-order valence-corrected chi connectivity index (χ1v) is 5.69. The lowest BCUT2D eigenvalue weighted by Crippen LogP contribution is -2.39. The van der Waals surface area contributed by atoms with E-state index in [-0.39, 0.29) is 6.04 Å². The third kappa shape index (κ3) is 3.41. The van der Waals surface area contributed by atoms with Gasteiger partial charge in [0.25, 0.3) is 0 Å². The van der Waals surface area contributed by atoms with Crippen molar-refractivity contribution in [3.05, 3.63) is 54.6 Å². The van der Waals surface area contributed by atoms with E-state index in [0.29, 0.717) is 13.0 Å². The molecule has 0 saturated heterocycles. The summed E-state index contributed by atoms with van der Waals surface area (Å²) in [6.07, 6.45) is 5.30. The fourth-order valence-corrected chi connectivity index (χ4v) is 1.77. The van der Waals surface area contributed by atoms with Gasteiger partial charge < -0.3 is 15.4 Å². The SMILES string of the molecule is N[C@H](Cc1ccccc1)[C@@H](O)Cn1ccnc1. The fourth-order valence-electron chi connectivity index (χ4n) is 1.77. The normalized spacial score (nSPS) is 14.5. The summed E-state index contributed by atoms with van der Waals surface area (Å²) in [5.41, 5.74) is 7.13. The quantitative estimate of drug-likeness (QED) is 0.800. The molecule has 0 radical (unpaired) electrons. The molecule has 0 unspecified atom stereocenters. The minimum atomic E-state index is -0.565. The smallest absolute Gasteiger partial charge is 0.0946 e. The molecule has 0 spiro atoms. The van der Waals surface area contributed by atoms with Crippen LogP contribution in [0.2, 0.25) is 0 Å². The highest BCUT2D eigenvalue weighted by Crippen LogP contribution is 2.06. The summed E-state index contributed by atoms with van der Waals surface area (Å²) in [5.74, 6) is 0. The highest BCUT2D eigenvalue weighted by atomic mass is 16.3. The molecule has 4 heteroatoms. The van der Waals surface area contributed by atoms with Crippen molar-refractivity contribution in [2.45, 2.75) is 25.1 Å². The molecular formula is C13H17N3O. The van der Waals surface area contributed by atoms with Crippen molar-refractivity contribution in [2.24, 2.45) is 5.73 Å². The Kier molecular flexibility index (Phi) is 3.90. The summed E-state index contributed by atoms with van der Waals surface area (Å²) in [7, 11) is 0. The maximum Gasteiger partial charge on any atom is 0.0946 e. The number of imidazole rings is 1. The lowest BCUT2D eigenvalue weighted by molar-refractivity contribution is 0.125. The van der Waals surface area contributed by atoms with Crippen molar-refractivity contribution in [1.29, 1.82) is 0 Å².